The largest absolute Gasteiger partial charge is 0.382 e. The Bertz CT molecular complexity index is 627. The van der Waals surface area contributed by atoms with Gasteiger partial charge in [-0.15, -0.1) is 0 Å². The molecule has 0 saturated heterocycles. The van der Waals surface area contributed by atoms with E-state index in [4.69, 9.17) is 5.73 Å². The second kappa shape index (κ2) is 11.6. The zero-order valence-corrected chi connectivity index (χ0v) is 16.7. The molecule has 3 unspecified atom stereocenters. The van der Waals surface area contributed by atoms with Crippen LogP contribution in [-0.4, -0.2) is 72.5 Å². The van der Waals surface area contributed by atoms with E-state index in [9.17, 15) is 19.5 Å². The zero-order valence-electron chi connectivity index (χ0n) is 15.8. The second-order valence-electron chi connectivity index (χ2n) is 6.25. The molecule has 0 spiro atoms. The Labute approximate surface area is 163 Å². The number of aliphatic hydroxyl groups excluding tert-OH is 1. The Morgan fingerprint density at radius 3 is 2.41 bits per heavy atom. The van der Waals surface area contributed by atoms with E-state index in [1.54, 1.807) is 50.1 Å². The van der Waals surface area contributed by atoms with Crippen LogP contribution in [0.2, 0.25) is 0 Å². The molecule has 3 atom stereocenters. The SMILES string of the molecule is CSCCC(N)C(O)C(=O)NCC(=O)NC(C(=O)N(C)C)c1ccccc1. The highest BCUT2D eigenvalue weighted by Gasteiger charge is 2.26. The van der Waals surface area contributed by atoms with Gasteiger partial charge in [-0.2, -0.15) is 11.8 Å². The molecule has 0 bridgehead atoms. The van der Waals surface area contributed by atoms with Crippen molar-refractivity contribution in [1.82, 2.24) is 15.5 Å². The van der Waals surface area contributed by atoms with Gasteiger partial charge in [0.05, 0.1) is 6.54 Å². The standard InChI is InChI=1S/C18H28N4O4S/c1-22(2)18(26)15(12-7-5-4-6-8-12)21-14(23)11-20-17(25)16(24)13(19)9-10-27-3/h4-8,13,15-16,24H,9-11,19H2,1-3H3,(H,20,25)(H,21,23). The number of hydrogen-bond acceptors (Lipinski definition) is 6. The number of amides is 3. The molecule has 0 aliphatic rings. The Morgan fingerprint density at radius 2 is 1.85 bits per heavy atom. The highest BCUT2D eigenvalue weighted by atomic mass is 32.2. The van der Waals surface area contributed by atoms with Crippen LogP contribution in [-0.2, 0) is 14.4 Å². The predicted octanol–water partition coefficient (Wildman–Crippen LogP) is -0.510. The minimum Gasteiger partial charge on any atom is -0.382 e. The lowest BCUT2D eigenvalue weighted by Crippen LogP contribution is -2.50. The third kappa shape index (κ3) is 7.58. The van der Waals surface area contributed by atoms with Crippen molar-refractivity contribution in [2.24, 2.45) is 5.73 Å². The van der Waals surface area contributed by atoms with Crippen LogP contribution in [0.15, 0.2) is 30.3 Å². The lowest BCUT2D eigenvalue weighted by atomic mass is 10.1. The van der Waals surface area contributed by atoms with Gasteiger partial charge in [-0.1, -0.05) is 30.3 Å². The fraction of sp³-hybridized carbons (Fsp3) is 0.500. The fourth-order valence-corrected chi connectivity index (χ4v) is 2.79. The van der Waals surface area contributed by atoms with Gasteiger partial charge in [0.25, 0.3) is 5.91 Å². The van der Waals surface area contributed by atoms with Crippen molar-refractivity contribution in [1.29, 1.82) is 0 Å². The molecule has 0 radical (unpaired) electrons. The number of hydrogen-bond donors (Lipinski definition) is 4. The second-order valence-corrected chi connectivity index (χ2v) is 7.24. The number of rotatable bonds is 10. The fourth-order valence-electron chi connectivity index (χ4n) is 2.28. The third-order valence-corrected chi connectivity index (χ3v) is 4.52. The summed E-state index contributed by atoms with van der Waals surface area (Å²) in [5.41, 5.74) is 6.40. The molecule has 1 aromatic rings. The monoisotopic (exact) mass is 396 g/mol. The van der Waals surface area contributed by atoms with Crippen LogP contribution >= 0.6 is 11.8 Å². The normalized spacial score (nSPS) is 14.0. The van der Waals surface area contributed by atoms with Gasteiger partial charge >= 0.3 is 0 Å². The Balaban J connectivity index is 2.64. The maximum atomic E-state index is 12.4. The molecule has 0 heterocycles. The van der Waals surface area contributed by atoms with E-state index in [0.29, 0.717) is 12.0 Å². The lowest BCUT2D eigenvalue weighted by Gasteiger charge is -2.22. The lowest BCUT2D eigenvalue weighted by molar-refractivity contribution is -0.135. The van der Waals surface area contributed by atoms with Crippen LogP contribution in [0.1, 0.15) is 18.0 Å². The van der Waals surface area contributed by atoms with E-state index in [-0.39, 0.29) is 12.5 Å². The molecule has 27 heavy (non-hydrogen) atoms. The molecule has 5 N–H and O–H groups in total. The van der Waals surface area contributed by atoms with Gasteiger partial charge in [0, 0.05) is 20.1 Å². The zero-order chi connectivity index (χ0) is 20.4. The summed E-state index contributed by atoms with van der Waals surface area (Å²) >= 11 is 1.56. The molecule has 0 aliphatic heterocycles. The van der Waals surface area contributed by atoms with Gasteiger partial charge in [-0.25, -0.2) is 0 Å². The highest BCUT2D eigenvalue weighted by molar-refractivity contribution is 7.98. The van der Waals surface area contributed by atoms with E-state index in [1.165, 1.54) is 4.90 Å². The molecule has 0 saturated carbocycles. The van der Waals surface area contributed by atoms with E-state index < -0.39 is 30.0 Å². The van der Waals surface area contributed by atoms with Crippen molar-refractivity contribution >= 4 is 29.5 Å². The summed E-state index contributed by atoms with van der Waals surface area (Å²) in [4.78, 5) is 37.9. The van der Waals surface area contributed by atoms with Gasteiger partial charge < -0.3 is 26.4 Å². The van der Waals surface area contributed by atoms with E-state index >= 15 is 0 Å². The maximum absolute atomic E-state index is 12.4. The molecule has 0 fully saturated rings. The smallest absolute Gasteiger partial charge is 0.250 e. The minimum absolute atomic E-state index is 0.292. The van der Waals surface area contributed by atoms with E-state index in [1.807, 2.05) is 12.3 Å². The molecule has 150 valence electrons. The Morgan fingerprint density at radius 1 is 1.22 bits per heavy atom. The average Bonchev–Trinajstić information content (AvgIpc) is 2.67. The van der Waals surface area contributed by atoms with Crippen molar-refractivity contribution in [3.63, 3.8) is 0 Å². The first-order valence-corrected chi connectivity index (χ1v) is 9.93. The topological polar surface area (TPSA) is 125 Å². The first kappa shape index (κ1) is 22.9. The van der Waals surface area contributed by atoms with Gasteiger partial charge in [-0.05, 0) is 24.0 Å². The molecule has 3 amide bonds. The third-order valence-electron chi connectivity index (χ3n) is 3.88. The van der Waals surface area contributed by atoms with Crippen LogP contribution in [0, 0.1) is 0 Å². The van der Waals surface area contributed by atoms with Crippen LogP contribution in [0.25, 0.3) is 0 Å². The molecule has 9 heteroatoms. The van der Waals surface area contributed by atoms with E-state index in [0.717, 1.165) is 5.75 Å². The molecule has 0 aliphatic carbocycles. The van der Waals surface area contributed by atoms with Crippen molar-refractivity contribution in [2.45, 2.75) is 24.6 Å². The number of carbonyl (C=O) groups excluding carboxylic acids is 3. The summed E-state index contributed by atoms with van der Waals surface area (Å²) in [6, 6.07) is 7.26. The van der Waals surface area contributed by atoms with Crippen LogP contribution in [0.5, 0.6) is 0 Å². The summed E-state index contributed by atoms with van der Waals surface area (Å²) in [5, 5.41) is 14.9. The van der Waals surface area contributed by atoms with E-state index in [2.05, 4.69) is 10.6 Å². The molecule has 1 rings (SSSR count). The Hall–Kier alpha value is -2.10. The average molecular weight is 397 g/mol. The Kier molecular flexibility index (Phi) is 9.84. The number of nitrogens with two attached hydrogens (primary N) is 1. The summed E-state index contributed by atoms with van der Waals surface area (Å²) in [7, 11) is 3.19. The number of benzene rings is 1. The molecule has 1 aromatic carbocycles. The number of aliphatic hydroxyl groups is 1. The maximum Gasteiger partial charge on any atom is 0.250 e. The summed E-state index contributed by atoms with van der Waals surface area (Å²) in [5.74, 6) is -0.830. The number of carbonyl (C=O) groups is 3. The van der Waals surface area contributed by atoms with Crippen molar-refractivity contribution < 1.29 is 19.5 Å². The molecular formula is C18H28N4O4S. The van der Waals surface area contributed by atoms with Crippen LogP contribution in [0.4, 0.5) is 0 Å². The number of nitrogens with one attached hydrogen (secondary N) is 2. The summed E-state index contributed by atoms with van der Waals surface area (Å²) in [6.07, 6.45) is 0.995. The highest BCUT2D eigenvalue weighted by Crippen LogP contribution is 2.14. The van der Waals surface area contributed by atoms with Gasteiger partial charge in [0.2, 0.25) is 11.8 Å². The van der Waals surface area contributed by atoms with Crippen LogP contribution in [0.3, 0.4) is 0 Å². The quantitative estimate of drug-likeness (QED) is 0.422. The molecular weight excluding hydrogens is 368 g/mol. The van der Waals surface area contributed by atoms with Crippen molar-refractivity contribution in [3.8, 4) is 0 Å². The number of thioether (sulfide) groups is 1. The van der Waals surface area contributed by atoms with Gasteiger partial charge in [-0.3, -0.25) is 14.4 Å². The first-order valence-electron chi connectivity index (χ1n) is 8.53. The molecule has 8 nitrogen and oxygen atoms in total. The summed E-state index contributed by atoms with van der Waals surface area (Å²) < 4.78 is 0. The van der Waals surface area contributed by atoms with Crippen LogP contribution < -0.4 is 16.4 Å². The van der Waals surface area contributed by atoms with Gasteiger partial charge in [0.15, 0.2) is 0 Å². The molecule has 0 aromatic heterocycles. The van der Waals surface area contributed by atoms with Gasteiger partial charge in [0.1, 0.15) is 12.1 Å². The number of nitrogens with zero attached hydrogens (tertiary/aromatic N) is 1. The minimum atomic E-state index is -1.39. The predicted molar refractivity (Wildman–Crippen MR) is 106 cm³/mol. The summed E-state index contributed by atoms with van der Waals surface area (Å²) in [6.45, 7) is -0.366. The first-order chi connectivity index (χ1) is 12.8. The van der Waals surface area contributed by atoms with Crippen molar-refractivity contribution in [3.05, 3.63) is 35.9 Å². The number of likely N-dealkylation sites (N-methyl/N-ethyl adjacent to an activating group) is 1. The van der Waals surface area contributed by atoms with Crippen molar-refractivity contribution in [2.75, 3.05) is 32.6 Å².